The van der Waals surface area contributed by atoms with Crippen LogP contribution in [0.25, 0.3) is 0 Å². The van der Waals surface area contributed by atoms with Crippen molar-refractivity contribution in [3.8, 4) is 0 Å². The van der Waals surface area contributed by atoms with Gasteiger partial charge in [-0.25, -0.2) is 0 Å². The van der Waals surface area contributed by atoms with Gasteiger partial charge in [-0.05, 0) is 15.9 Å². The molecule has 1 aromatic heterocycles. The third kappa shape index (κ3) is 1.34. The highest BCUT2D eigenvalue weighted by Crippen LogP contribution is 2.25. The quantitative estimate of drug-likeness (QED) is 0.807. The molecule has 2 heterocycles. The predicted octanol–water partition coefficient (Wildman–Crippen LogP) is 1.91. The summed E-state index contributed by atoms with van der Waals surface area (Å²) in [6.07, 6.45) is 0. The average Bonchev–Trinajstić information content (AvgIpc) is 2.31. The van der Waals surface area contributed by atoms with Gasteiger partial charge in [0, 0.05) is 39.8 Å². The van der Waals surface area contributed by atoms with Gasteiger partial charge in [-0.2, -0.15) is 11.3 Å². The summed E-state index contributed by atoms with van der Waals surface area (Å²) in [6.45, 7) is 1.67. The number of carbonyl (C=O) groups is 1. The van der Waals surface area contributed by atoms with Crippen LogP contribution >= 0.6 is 27.3 Å². The second-order valence-corrected chi connectivity index (χ2v) is 4.45. The van der Waals surface area contributed by atoms with Crippen LogP contribution in [0.15, 0.2) is 15.2 Å². The third-order valence-electron chi connectivity index (χ3n) is 2.03. The highest BCUT2D eigenvalue weighted by atomic mass is 79.9. The van der Waals surface area contributed by atoms with E-state index in [1.54, 1.807) is 11.3 Å². The maximum absolute atomic E-state index is 11.6. The van der Waals surface area contributed by atoms with Crippen molar-refractivity contribution in [3.05, 3.63) is 20.8 Å². The van der Waals surface area contributed by atoms with E-state index >= 15 is 0 Å². The first kappa shape index (κ1) is 8.41. The molecule has 0 bridgehead atoms. The van der Waals surface area contributed by atoms with E-state index in [0.29, 0.717) is 0 Å². The number of rotatable bonds is 2. The van der Waals surface area contributed by atoms with E-state index in [9.17, 15) is 4.79 Å². The van der Waals surface area contributed by atoms with Gasteiger partial charge < -0.3 is 5.32 Å². The Balaban J connectivity index is 2.19. The molecule has 2 nitrogen and oxygen atoms in total. The van der Waals surface area contributed by atoms with Crippen molar-refractivity contribution in [2.75, 3.05) is 13.1 Å². The van der Waals surface area contributed by atoms with Crippen molar-refractivity contribution in [1.82, 2.24) is 5.32 Å². The van der Waals surface area contributed by atoms with Gasteiger partial charge >= 0.3 is 0 Å². The molecule has 1 N–H and O–H groups in total. The monoisotopic (exact) mass is 245 g/mol. The lowest BCUT2D eigenvalue weighted by Crippen LogP contribution is -2.46. The van der Waals surface area contributed by atoms with E-state index in [2.05, 4.69) is 21.2 Å². The number of carbonyl (C=O) groups excluding carboxylic acids is 1. The molecule has 4 heteroatoms. The van der Waals surface area contributed by atoms with E-state index < -0.39 is 0 Å². The zero-order valence-corrected chi connectivity index (χ0v) is 8.74. The Morgan fingerprint density at radius 2 is 2.33 bits per heavy atom. The Kier molecular flexibility index (Phi) is 2.30. The van der Waals surface area contributed by atoms with Crippen molar-refractivity contribution >= 4 is 33.0 Å². The Hall–Kier alpha value is -0.190. The SMILES string of the molecule is O=C(c1cscc1Br)C1CNC1. The van der Waals surface area contributed by atoms with Gasteiger partial charge in [-0.3, -0.25) is 4.79 Å². The van der Waals surface area contributed by atoms with Crippen LogP contribution in [0.4, 0.5) is 0 Å². The van der Waals surface area contributed by atoms with E-state index in [4.69, 9.17) is 0 Å². The summed E-state index contributed by atoms with van der Waals surface area (Å²) in [5.74, 6) is 0.470. The maximum atomic E-state index is 11.6. The van der Waals surface area contributed by atoms with Crippen LogP contribution in [0.5, 0.6) is 0 Å². The van der Waals surface area contributed by atoms with Crippen molar-refractivity contribution in [1.29, 1.82) is 0 Å². The van der Waals surface area contributed by atoms with Crippen LogP contribution in [0.2, 0.25) is 0 Å². The highest BCUT2D eigenvalue weighted by Gasteiger charge is 2.27. The Bertz CT molecular complexity index is 306. The minimum absolute atomic E-state index is 0.205. The molecular formula is C8H8BrNOS. The molecule has 1 aliphatic heterocycles. The molecule has 12 heavy (non-hydrogen) atoms. The maximum Gasteiger partial charge on any atom is 0.170 e. The van der Waals surface area contributed by atoms with Gasteiger partial charge in [0.2, 0.25) is 0 Å². The molecule has 1 fully saturated rings. The first-order valence-electron chi connectivity index (χ1n) is 3.75. The first-order chi connectivity index (χ1) is 5.79. The second kappa shape index (κ2) is 3.28. The van der Waals surface area contributed by atoms with Gasteiger partial charge in [0.1, 0.15) is 0 Å². The predicted molar refractivity (Wildman–Crippen MR) is 52.7 cm³/mol. The van der Waals surface area contributed by atoms with E-state index in [-0.39, 0.29) is 11.7 Å². The molecule has 0 atom stereocenters. The Morgan fingerprint density at radius 1 is 1.58 bits per heavy atom. The van der Waals surface area contributed by atoms with Crippen LogP contribution in [-0.2, 0) is 0 Å². The molecule has 0 radical (unpaired) electrons. The molecule has 0 aliphatic carbocycles. The van der Waals surface area contributed by atoms with Crippen LogP contribution in [0.3, 0.4) is 0 Å². The molecule has 1 aromatic rings. The van der Waals surface area contributed by atoms with Gasteiger partial charge in [-0.15, -0.1) is 0 Å². The normalized spacial score (nSPS) is 17.4. The summed E-state index contributed by atoms with van der Waals surface area (Å²) in [5.41, 5.74) is 0.839. The number of ketones is 1. The topological polar surface area (TPSA) is 29.1 Å². The lowest BCUT2D eigenvalue weighted by molar-refractivity contribution is 0.0878. The third-order valence-corrected chi connectivity index (χ3v) is 3.74. The van der Waals surface area contributed by atoms with Crippen LogP contribution in [-0.4, -0.2) is 18.9 Å². The molecule has 0 aromatic carbocycles. The van der Waals surface area contributed by atoms with Gasteiger partial charge in [0.05, 0.1) is 0 Å². The minimum Gasteiger partial charge on any atom is -0.315 e. The molecule has 1 saturated heterocycles. The van der Waals surface area contributed by atoms with Crippen molar-refractivity contribution < 1.29 is 4.79 Å². The summed E-state index contributed by atoms with van der Waals surface area (Å²) in [5, 5.41) is 6.94. The minimum atomic E-state index is 0.205. The van der Waals surface area contributed by atoms with E-state index in [1.807, 2.05) is 10.8 Å². The van der Waals surface area contributed by atoms with E-state index in [0.717, 1.165) is 23.1 Å². The summed E-state index contributed by atoms with van der Waals surface area (Å²) < 4.78 is 0.935. The number of Topliss-reactive ketones (excluding diaryl/α,β-unsaturated/α-hetero) is 1. The molecule has 2 rings (SSSR count). The molecule has 1 aliphatic rings. The fourth-order valence-corrected chi connectivity index (χ4v) is 2.63. The molecular weight excluding hydrogens is 238 g/mol. The summed E-state index contributed by atoms with van der Waals surface area (Å²) >= 11 is 4.92. The standard InChI is InChI=1S/C8H8BrNOS/c9-7-4-12-3-6(7)8(11)5-1-10-2-5/h3-5,10H,1-2H2. The first-order valence-corrected chi connectivity index (χ1v) is 5.49. The highest BCUT2D eigenvalue weighted by molar-refractivity contribution is 9.10. The summed E-state index contributed by atoms with van der Waals surface area (Å²) in [6, 6.07) is 0. The molecule has 0 unspecified atom stereocenters. The fourth-order valence-electron chi connectivity index (χ4n) is 1.15. The van der Waals surface area contributed by atoms with Gasteiger partial charge in [-0.1, -0.05) is 0 Å². The lowest BCUT2D eigenvalue weighted by atomic mass is 9.94. The molecule has 0 amide bonds. The fraction of sp³-hybridized carbons (Fsp3) is 0.375. The Labute approximate surface area is 83.1 Å². The molecule has 64 valence electrons. The Morgan fingerprint density at radius 3 is 2.75 bits per heavy atom. The zero-order valence-electron chi connectivity index (χ0n) is 6.34. The largest absolute Gasteiger partial charge is 0.315 e. The van der Waals surface area contributed by atoms with Crippen LogP contribution < -0.4 is 5.32 Å². The smallest absolute Gasteiger partial charge is 0.170 e. The van der Waals surface area contributed by atoms with Crippen molar-refractivity contribution in [3.63, 3.8) is 0 Å². The number of thiophene rings is 1. The second-order valence-electron chi connectivity index (χ2n) is 2.85. The van der Waals surface area contributed by atoms with Crippen molar-refractivity contribution in [2.24, 2.45) is 5.92 Å². The summed E-state index contributed by atoms with van der Waals surface area (Å²) in [4.78, 5) is 11.6. The lowest BCUT2D eigenvalue weighted by Gasteiger charge is -2.25. The van der Waals surface area contributed by atoms with Crippen LogP contribution in [0.1, 0.15) is 10.4 Å². The average molecular weight is 246 g/mol. The zero-order chi connectivity index (χ0) is 8.55. The number of hydrogen-bond acceptors (Lipinski definition) is 3. The van der Waals surface area contributed by atoms with Gasteiger partial charge in [0.15, 0.2) is 5.78 Å². The molecule has 0 saturated carbocycles. The summed E-state index contributed by atoms with van der Waals surface area (Å²) in [7, 11) is 0. The van der Waals surface area contributed by atoms with E-state index in [1.165, 1.54) is 0 Å². The number of nitrogens with one attached hydrogen (secondary N) is 1. The number of halogens is 1. The van der Waals surface area contributed by atoms with Crippen molar-refractivity contribution in [2.45, 2.75) is 0 Å². The number of hydrogen-bond donors (Lipinski definition) is 1. The molecule has 0 spiro atoms. The van der Waals surface area contributed by atoms with Crippen LogP contribution in [0, 0.1) is 5.92 Å². The van der Waals surface area contributed by atoms with Gasteiger partial charge in [0.25, 0.3) is 0 Å².